The Morgan fingerprint density at radius 3 is 2.27 bits per heavy atom. The SMILES string of the molecule is CC.Cc1ccccc1CN(C)C(=O)C(O)C(O)C(=O)NCc1ccc(-c2cccc(F)c2C#N)cc1. The zero-order valence-corrected chi connectivity index (χ0v) is 21.4. The van der Waals surface area contributed by atoms with Crippen LogP contribution in [-0.4, -0.2) is 46.2 Å². The summed E-state index contributed by atoms with van der Waals surface area (Å²) in [6.07, 6.45) is -3.85. The number of aliphatic hydroxyl groups excluding tert-OH is 2. The van der Waals surface area contributed by atoms with Gasteiger partial charge in [-0.15, -0.1) is 0 Å². The molecule has 0 saturated heterocycles. The average Bonchev–Trinajstić information content (AvgIpc) is 2.92. The van der Waals surface area contributed by atoms with Crippen LogP contribution in [0.3, 0.4) is 0 Å². The van der Waals surface area contributed by atoms with Crippen LogP contribution < -0.4 is 5.32 Å². The molecule has 0 aliphatic rings. The van der Waals surface area contributed by atoms with Crippen molar-refractivity contribution in [3.05, 3.63) is 94.8 Å². The monoisotopic (exact) mass is 505 g/mol. The lowest BCUT2D eigenvalue weighted by Crippen LogP contribution is -2.49. The molecule has 3 aromatic carbocycles. The smallest absolute Gasteiger partial charge is 0.254 e. The molecule has 2 atom stereocenters. The van der Waals surface area contributed by atoms with Gasteiger partial charge in [0.2, 0.25) is 0 Å². The van der Waals surface area contributed by atoms with E-state index in [0.717, 1.165) is 11.1 Å². The number of nitriles is 1. The van der Waals surface area contributed by atoms with E-state index < -0.39 is 29.8 Å². The number of benzene rings is 3. The fraction of sp³-hybridized carbons (Fsp3) is 0.276. The highest BCUT2D eigenvalue weighted by Gasteiger charge is 2.32. The van der Waals surface area contributed by atoms with Crippen LogP contribution in [0.5, 0.6) is 0 Å². The maximum atomic E-state index is 13.9. The van der Waals surface area contributed by atoms with Gasteiger partial charge >= 0.3 is 0 Å². The third-order valence-electron chi connectivity index (χ3n) is 5.72. The number of carbonyl (C=O) groups excluding carboxylic acids is 2. The van der Waals surface area contributed by atoms with E-state index in [0.29, 0.717) is 16.7 Å². The third kappa shape index (κ3) is 7.46. The van der Waals surface area contributed by atoms with Crippen LogP contribution in [-0.2, 0) is 22.7 Å². The predicted octanol–water partition coefficient (Wildman–Crippen LogP) is 3.70. The van der Waals surface area contributed by atoms with Crippen LogP contribution in [0.25, 0.3) is 11.1 Å². The van der Waals surface area contributed by atoms with Crippen molar-refractivity contribution in [2.45, 2.75) is 46.1 Å². The Kier molecular flexibility index (Phi) is 10.9. The molecule has 0 saturated carbocycles. The zero-order chi connectivity index (χ0) is 27.5. The van der Waals surface area contributed by atoms with E-state index in [2.05, 4.69) is 5.32 Å². The summed E-state index contributed by atoms with van der Waals surface area (Å²) in [6, 6.07) is 20.5. The Labute approximate surface area is 216 Å². The second kappa shape index (κ2) is 13.9. The van der Waals surface area contributed by atoms with Crippen LogP contribution in [0.15, 0.2) is 66.7 Å². The number of amides is 2. The first-order valence-corrected chi connectivity index (χ1v) is 11.9. The number of nitrogens with zero attached hydrogens (tertiary/aromatic N) is 2. The molecule has 3 aromatic rings. The summed E-state index contributed by atoms with van der Waals surface area (Å²) in [5.41, 5.74) is 3.57. The zero-order valence-electron chi connectivity index (χ0n) is 21.4. The first-order valence-electron chi connectivity index (χ1n) is 11.9. The van der Waals surface area contributed by atoms with Gasteiger partial charge < -0.3 is 20.4 Å². The summed E-state index contributed by atoms with van der Waals surface area (Å²) in [4.78, 5) is 26.1. The molecule has 194 valence electrons. The molecule has 3 N–H and O–H groups in total. The number of hydrogen-bond acceptors (Lipinski definition) is 5. The predicted molar refractivity (Wildman–Crippen MR) is 139 cm³/mol. The molecule has 7 nitrogen and oxygen atoms in total. The number of nitrogens with one attached hydrogen (secondary N) is 1. The van der Waals surface area contributed by atoms with Crippen molar-refractivity contribution in [2.24, 2.45) is 0 Å². The molecule has 0 aromatic heterocycles. The summed E-state index contributed by atoms with van der Waals surface area (Å²) in [6.45, 7) is 6.16. The Bertz CT molecular complexity index is 1250. The highest BCUT2D eigenvalue weighted by atomic mass is 19.1. The summed E-state index contributed by atoms with van der Waals surface area (Å²) < 4.78 is 13.9. The third-order valence-corrected chi connectivity index (χ3v) is 5.72. The maximum absolute atomic E-state index is 13.9. The molecule has 0 heterocycles. The molecule has 3 rings (SSSR count). The van der Waals surface area contributed by atoms with Crippen LogP contribution in [0.4, 0.5) is 4.39 Å². The van der Waals surface area contributed by atoms with Gasteiger partial charge in [-0.3, -0.25) is 9.59 Å². The summed E-state index contributed by atoms with van der Waals surface area (Å²) in [7, 11) is 1.49. The van der Waals surface area contributed by atoms with E-state index in [1.54, 1.807) is 30.3 Å². The van der Waals surface area contributed by atoms with Crippen LogP contribution in [0.2, 0.25) is 0 Å². The van der Waals surface area contributed by atoms with Gasteiger partial charge in [-0.25, -0.2) is 4.39 Å². The average molecular weight is 506 g/mol. The van der Waals surface area contributed by atoms with Crippen molar-refractivity contribution in [1.82, 2.24) is 10.2 Å². The van der Waals surface area contributed by atoms with E-state index in [-0.39, 0.29) is 18.7 Å². The molecule has 0 spiro atoms. The van der Waals surface area contributed by atoms with Crippen molar-refractivity contribution in [2.75, 3.05) is 7.05 Å². The Hall–Kier alpha value is -4.06. The Morgan fingerprint density at radius 2 is 1.65 bits per heavy atom. The standard InChI is InChI=1S/C27H26FN3O4.C2H6/c1-17-6-3-4-7-20(17)16-31(2)27(35)25(33)24(32)26(34)30-15-18-10-12-19(13-11-18)21-8-5-9-23(28)22(21)14-29;1-2/h3-13,24-25,32-33H,15-16H2,1-2H3,(H,30,34);1-2H3. The molecule has 2 unspecified atom stereocenters. The Morgan fingerprint density at radius 1 is 1.00 bits per heavy atom. The summed E-state index contributed by atoms with van der Waals surface area (Å²) >= 11 is 0. The lowest BCUT2D eigenvalue weighted by atomic mass is 9.99. The van der Waals surface area contributed by atoms with Crippen LogP contribution >= 0.6 is 0 Å². The minimum absolute atomic E-state index is 0.0321. The normalized spacial score (nSPS) is 11.8. The molecule has 2 amide bonds. The minimum Gasteiger partial charge on any atom is -0.380 e. The topological polar surface area (TPSA) is 114 Å². The molecule has 0 radical (unpaired) electrons. The lowest BCUT2D eigenvalue weighted by molar-refractivity contribution is -0.152. The Balaban J connectivity index is 0.00000235. The number of aliphatic hydroxyl groups is 2. The van der Waals surface area contributed by atoms with Gasteiger partial charge in [-0.2, -0.15) is 5.26 Å². The van der Waals surface area contributed by atoms with Gasteiger partial charge in [-0.1, -0.05) is 74.5 Å². The van der Waals surface area contributed by atoms with Gasteiger partial charge in [0.25, 0.3) is 11.8 Å². The largest absolute Gasteiger partial charge is 0.380 e. The molecular weight excluding hydrogens is 473 g/mol. The quantitative estimate of drug-likeness (QED) is 0.432. The van der Waals surface area contributed by atoms with E-state index in [4.69, 9.17) is 0 Å². The van der Waals surface area contributed by atoms with E-state index >= 15 is 0 Å². The first kappa shape index (κ1) is 29.2. The van der Waals surface area contributed by atoms with Crippen LogP contribution in [0.1, 0.15) is 36.1 Å². The fourth-order valence-electron chi connectivity index (χ4n) is 3.60. The number of likely N-dealkylation sites (N-methyl/N-ethyl adjacent to an activating group) is 1. The van der Waals surface area contributed by atoms with Crippen molar-refractivity contribution < 1.29 is 24.2 Å². The van der Waals surface area contributed by atoms with Gasteiger partial charge in [0.15, 0.2) is 12.2 Å². The number of aryl methyl sites for hydroxylation is 1. The minimum atomic E-state index is -1.94. The highest BCUT2D eigenvalue weighted by molar-refractivity contribution is 5.90. The van der Waals surface area contributed by atoms with Gasteiger partial charge in [0.05, 0.1) is 5.56 Å². The van der Waals surface area contributed by atoms with Crippen molar-refractivity contribution in [1.29, 1.82) is 5.26 Å². The van der Waals surface area contributed by atoms with Crippen molar-refractivity contribution in [3.8, 4) is 17.2 Å². The van der Waals surface area contributed by atoms with E-state index in [1.165, 1.54) is 24.1 Å². The maximum Gasteiger partial charge on any atom is 0.254 e. The fourth-order valence-corrected chi connectivity index (χ4v) is 3.60. The first-order chi connectivity index (χ1) is 17.7. The molecule has 0 aliphatic carbocycles. The molecule has 0 aliphatic heterocycles. The highest BCUT2D eigenvalue weighted by Crippen LogP contribution is 2.25. The van der Waals surface area contributed by atoms with E-state index in [1.807, 2.05) is 51.1 Å². The molecular formula is C29H32FN3O4. The number of rotatable bonds is 8. The van der Waals surface area contributed by atoms with Crippen molar-refractivity contribution in [3.63, 3.8) is 0 Å². The summed E-state index contributed by atoms with van der Waals surface area (Å²) in [5.74, 6) is -2.27. The molecule has 37 heavy (non-hydrogen) atoms. The van der Waals surface area contributed by atoms with Gasteiger partial charge in [0, 0.05) is 25.7 Å². The molecule has 8 heteroatoms. The molecule has 0 fully saturated rings. The number of hydrogen-bond donors (Lipinski definition) is 3. The van der Waals surface area contributed by atoms with Gasteiger partial charge in [0.1, 0.15) is 11.9 Å². The van der Waals surface area contributed by atoms with E-state index in [9.17, 15) is 29.5 Å². The lowest BCUT2D eigenvalue weighted by Gasteiger charge is -2.24. The molecule has 0 bridgehead atoms. The van der Waals surface area contributed by atoms with Gasteiger partial charge in [-0.05, 0) is 35.2 Å². The second-order valence-electron chi connectivity index (χ2n) is 8.20. The second-order valence-corrected chi connectivity index (χ2v) is 8.20. The number of halogens is 1. The number of carbonyl (C=O) groups is 2. The van der Waals surface area contributed by atoms with Crippen LogP contribution in [0, 0.1) is 24.1 Å². The van der Waals surface area contributed by atoms with Crippen molar-refractivity contribution >= 4 is 11.8 Å². The summed E-state index contributed by atoms with van der Waals surface area (Å²) in [5, 5.41) is 32.2.